The summed E-state index contributed by atoms with van der Waals surface area (Å²) in [6, 6.07) is 15.3. The average Bonchev–Trinajstić information content (AvgIpc) is 3.49. The summed E-state index contributed by atoms with van der Waals surface area (Å²) < 4.78 is 0. The van der Waals surface area contributed by atoms with Crippen LogP contribution in [-0.4, -0.2) is 28.6 Å². The van der Waals surface area contributed by atoms with Crippen molar-refractivity contribution in [2.24, 2.45) is 34.7 Å². The maximum Gasteiger partial charge on any atom is 0.269 e. The van der Waals surface area contributed by atoms with Crippen LogP contribution in [0.1, 0.15) is 12.0 Å². The Balaban J connectivity index is 1.33. The van der Waals surface area contributed by atoms with Crippen molar-refractivity contribution in [3.8, 4) is 0 Å². The van der Waals surface area contributed by atoms with E-state index in [0.29, 0.717) is 5.69 Å². The SMILES string of the molecule is O=C1[C@@H]2[C@H]3C[C@H]([C@@H]4ON=C(c5ccc([N+](=O)[O-])cc5)[C@H]34)[C@@H]2C(=O)N1c1ccccc1. The monoisotopic (exact) mass is 403 g/mol. The largest absolute Gasteiger partial charge is 0.391 e. The minimum absolute atomic E-state index is 0.0119. The molecule has 2 aromatic carbocycles. The van der Waals surface area contributed by atoms with E-state index in [1.54, 1.807) is 24.3 Å². The van der Waals surface area contributed by atoms with Crippen molar-refractivity contribution in [3.63, 3.8) is 0 Å². The third kappa shape index (κ3) is 2.13. The molecule has 8 heteroatoms. The number of benzene rings is 2. The molecular formula is C22H17N3O5. The first-order valence-electron chi connectivity index (χ1n) is 9.97. The van der Waals surface area contributed by atoms with Gasteiger partial charge in [-0.05, 0) is 36.6 Å². The molecule has 3 fully saturated rings. The van der Waals surface area contributed by atoms with E-state index in [1.807, 2.05) is 18.2 Å². The number of nitro benzene ring substituents is 1. The van der Waals surface area contributed by atoms with Gasteiger partial charge in [-0.15, -0.1) is 0 Å². The van der Waals surface area contributed by atoms with Crippen molar-refractivity contribution >= 4 is 28.9 Å². The molecule has 2 aromatic rings. The first-order chi connectivity index (χ1) is 14.6. The normalized spacial score (nSPS) is 33.3. The van der Waals surface area contributed by atoms with Crippen LogP contribution in [0.2, 0.25) is 0 Å². The summed E-state index contributed by atoms with van der Waals surface area (Å²) >= 11 is 0. The smallest absolute Gasteiger partial charge is 0.269 e. The van der Waals surface area contributed by atoms with Crippen LogP contribution in [-0.2, 0) is 14.4 Å². The lowest BCUT2D eigenvalue weighted by atomic mass is 9.71. The molecule has 0 aromatic heterocycles. The first-order valence-corrected chi connectivity index (χ1v) is 9.97. The van der Waals surface area contributed by atoms with Gasteiger partial charge in [0, 0.05) is 29.5 Å². The highest BCUT2D eigenvalue weighted by molar-refractivity contribution is 6.23. The zero-order valence-electron chi connectivity index (χ0n) is 15.8. The van der Waals surface area contributed by atoms with Gasteiger partial charge in [-0.25, -0.2) is 0 Å². The first kappa shape index (κ1) is 17.3. The van der Waals surface area contributed by atoms with Crippen LogP contribution in [0.5, 0.6) is 0 Å². The zero-order valence-corrected chi connectivity index (χ0v) is 15.8. The van der Waals surface area contributed by atoms with Gasteiger partial charge >= 0.3 is 0 Å². The van der Waals surface area contributed by atoms with Gasteiger partial charge in [0.05, 0.1) is 28.2 Å². The molecule has 1 saturated heterocycles. The van der Waals surface area contributed by atoms with Crippen LogP contribution in [0, 0.1) is 39.7 Å². The molecule has 2 heterocycles. The number of oxime groups is 1. The van der Waals surface area contributed by atoms with Crippen LogP contribution in [0.25, 0.3) is 0 Å². The fourth-order valence-corrected chi connectivity index (χ4v) is 5.95. The number of hydrogen-bond donors (Lipinski definition) is 0. The number of imide groups is 1. The second-order valence-electron chi connectivity index (χ2n) is 8.34. The molecular weight excluding hydrogens is 386 g/mol. The Kier molecular flexibility index (Phi) is 3.45. The molecule has 0 spiro atoms. The third-order valence-corrected chi connectivity index (χ3v) is 7.08. The average molecular weight is 403 g/mol. The molecule has 2 bridgehead atoms. The van der Waals surface area contributed by atoms with E-state index in [-0.39, 0.29) is 53.2 Å². The van der Waals surface area contributed by atoms with Gasteiger partial charge in [-0.2, -0.15) is 0 Å². The summed E-state index contributed by atoms with van der Waals surface area (Å²) in [6.45, 7) is 0. The van der Waals surface area contributed by atoms with Gasteiger partial charge in [0.1, 0.15) is 6.10 Å². The fraction of sp³-hybridized carbons (Fsp3) is 0.318. The van der Waals surface area contributed by atoms with Crippen LogP contribution in [0.3, 0.4) is 0 Å². The van der Waals surface area contributed by atoms with E-state index in [4.69, 9.17) is 4.84 Å². The summed E-state index contributed by atoms with van der Waals surface area (Å²) in [5.41, 5.74) is 2.10. The number of fused-ring (bicyclic) bond motifs is 8. The molecule has 2 amide bonds. The highest BCUT2D eigenvalue weighted by atomic mass is 16.6. The third-order valence-electron chi connectivity index (χ3n) is 7.08. The lowest BCUT2D eigenvalue weighted by Crippen LogP contribution is -2.41. The van der Waals surface area contributed by atoms with Gasteiger partial charge in [-0.3, -0.25) is 24.6 Å². The van der Waals surface area contributed by atoms with Gasteiger partial charge < -0.3 is 4.84 Å². The molecule has 0 radical (unpaired) electrons. The number of carbonyl (C=O) groups excluding carboxylic acids is 2. The Morgan fingerprint density at radius 3 is 2.27 bits per heavy atom. The standard InChI is InChI=1S/C22H17N3O5/c26-21-16-14-10-15(17(16)22(27)24(21)12-4-2-1-3-5-12)20-18(14)19(23-30-20)11-6-8-13(9-7-11)25(28)29/h1-9,14-18,20H,10H2/t14-,15+,16-,17+,18+,20+/m1/s1. The van der Waals surface area contributed by atoms with Gasteiger partial charge in [0.15, 0.2) is 0 Å². The number of nitrogens with zero attached hydrogens (tertiary/aromatic N) is 3. The molecule has 6 atom stereocenters. The van der Waals surface area contributed by atoms with Crippen molar-refractivity contribution in [2.75, 3.05) is 4.90 Å². The number of para-hydroxylation sites is 1. The second-order valence-corrected chi connectivity index (χ2v) is 8.34. The fourth-order valence-electron chi connectivity index (χ4n) is 5.95. The molecule has 0 unspecified atom stereocenters. The highest BCUT2D eigenvalue weighted by Crippen LogP contribution is 2.62. The molecule has 2 aliphatic carbocycles. The quantitative estimate of drug-likeness (QED) is 0.445. The number of hydrogen-bond acceptors (Lipinski definition) is 6. The molecule has 4 aliphatic rings. The number of anilines is 1. The summed E-state index contributed by atoms with van der Waals surface area (Å²) in [6.07, 6.45) is 0.533. The molecule has 0 N–H and O–H groups in total. The number of carbonyl (C=O) groups is 2. The number of non-ortho nitro benzene ring substituents is 1. The molecule has 6 rings (SSSR count). The molecule has 2 saturated carbocycles. The van der Waals surface area contributed by atoms with Crippen LogP contribution < -0.4 is 4.90 Å². The Morgan fingerprint density at radius 1 is 0.933 bits per heavy atom. The highest BCUT2D eigenvalue weighted by Gasteiger charge is 2.70. The molecule has 2 aliphatic heterocycles. The summed E-state index contributed by atoms with van der Waals surface area (Å²) in [5, 5.41) is 15.2. The van der Waals surface area contributed by atoms with Crippen molar-refractivity contribution < 1.29 is 19.3 Å². The lowest BCUT2D eigenvalue weighted by Gasteiger charge is -2.29. The molecule has 8 nitrogen and oxygen atoms in total. The minimum atomic E-state index is -0.442. The Bertz CT molecular complexity index is 1110. The maximum atomic E-state index is 13.3. The van der Waals surface area contributed by atoms with Crippen LogP contribution in [0.4, 0.5) is 11.4 Å². The Morgan fingerprint density at radius 2 is 1.60 bits per heavy atom. The predicted octanol–water partition coefficient (Wildman–Crippen LogP) is 2.77. The van der Waals surface area contributed by atoms with E-state index in [9.17, 15) is 19.7 Å². The van der Waals surface area contributed by atoms with Crippen molar-refractivity contribution in [2.45, 2.75) is 12.5 Å². The molecule has 150 valence electrons. The van der Waals surface area contributed by atoms with Gasteiger partial charge in [-0.1, -0.05) is 23.4 Å². The number of rotatable bonds is 3. The number of nitro groups is 1. The van der Waals surface area contributed by atoms with E-state index in [1.165, 1.54) is 17.0 Å². The lowest BCUT2D eigenvalue weighted by molar-refractivity contribution is -0.384. The van der Waals surface area contributed by atoms with E-state index in [2.05, 4.69) is 5.16 Å². The Hall–Kier alpha value is -3.55. The minimum Gasteiger partial charge on any atom is -0.391 e. The maximum absolute atomic E-state index is 13.3. The number of amides is 2. The van der Waals surface area contributed by atoms with E-state index >= 15 is 0 Å². The van der Waals surface area contributed by atoms with Crippen LogP contribution >= 0.6 is 0 Å². The van der Waals surface area contributed by atoms with Gasteiger partial charge in [0.25, 0.3) is 5.69 Å². The summed E-state index contributed by atoms with van der Waals surface area (Å²) in [7, 11) is 0. The van der Waals surface area contributed by atoms with E-state index in [0.717, 1.165) is 17.7 Å². The van der Waals surface area contributed by atoms with Crippen molar-refractivity contribution in [1.82, 2.24) is 0 Å². The van der Waals surface area contributed by atoms with E-state index < -0.39 is 4.92 Å². The molecule has 30 heavy (non-hydrogen) atoms. The van der Waals surface area contributed by atoms with Gasteiger partial charge in [0.2, 0.25) is 11.8 Å². The van der Waals surface area contributed by atoms with Crippen LogP contribution in [0.15, 0.2) is 59.8 Å². The predicted molar refractivity (Wildman–Crippen MR) is 106 cm³/mol. The van der Waals surface area contributed by atoms with Crippen molar-refractivity contribution in [1.29, 1.82) is 0 Å². The zero-order chi connectivity index (χ0) is 20.6. The Labute approximate surface area is 171 Å². The summed E-state index contributed by atoms with van der Waals surface area (Å²) in [5.74, 6) is -1.16. The topological polar surface area (TPSA) is 102 Å². The second kappa shape index (κ2) is 5.98. The van der Waals surface area contributed by atoms with Crippen molar-refractivity contribution in [3.05, 3.63) is 70.3 Å². The summed E-state index contributed by atoms with van der Waals surface area (Å²) in [4.78, 5) is 44.1.